The molecule has 0 unspecified atom stereocenters. The number of para-hydroxylation sites is 1. The molecule has 0 spiro atoms. The first-order valence-electron chi connectivity index (χ1n) is 10.4. The molecule has 9 heteroatoms. The van der Waals surface area contributed by atoms with Crippen molar-refractivity contribution in [1.29, 1.82) is 0 Å². The number of sulfonamides is 1. The van der Waals surface area contributed by atoms with Crippen LogP contribution in [0, 0.1) is 0 Å². The average Bonchev–Trinajstić information content (AvgIpc) is 2.85. The number of amides is 1. The molecular weight excluding hydrogens is 444 g/mol. The van der Waals surface area contributed by atoms with Crippen LogP contribution >= 0.6 is 0 Å². The van der Waals surface area contributed by atoms with Gasteiger partial charge in [-0.1, -0.05) is 24.3 Å². The minimum Gasteiger partial charge on any atom is -0.495 e. The molecule has 8 nitrogen and oxygen atoms in total. The summed E-state index contributed by atoms with van der Waals surface area (Å²) in [4.78, 5) is 12.9. The largest absolute Gasteiger partial charge is 0.495 e. The minimum atomic E-state index is -3.81. The fourth-order valence-electron chi connectivity index (χ4n) is 3.41. The Morgan fingerprint density at radius 3 is 2.39 bits per heavy atom. The highest BCUT2D eigenvalue weighted by molar-refractivity contribution is 7.89. The first-order chi connectivity index (χ1) is 16.0. The van der Waals surface area contributed by atoms with Gasteiger partial charge >= 0.3 is 0 Å². The number of carbonyl (C=O) groups is 1. The Kier molecular flexibility index (Phi) is 6.93. The quantitative estimate of drug-likeness (QED) is 0.568. The number of anilines is 1. The minimum absolute atomic E-state index is 0.00846. The number of hydrogen-bond donors (Lipinski definition) is 1. The highest BCUT2D eigenvalue weighted by atomic mass is 32.2. The van der Waals surface area contributed by atoms with Crippen LogP contribution < -0.4 is 14.8 Å². The Bertz CT molecular complexity index is 1220. The van der Waals surface area contributed by atoms with Crippen LogP contribution in [0.1, 0.15) is 10.4 Å². The van der Waals surface area contributed by atoms with E-state index in [9.17, 15) is 13.2 Å². The van der Waals surface area contributed by atoms with Crippen molar-refractivity contribution in [2.45, 2.75) is 4.90 Å². The lowest BCUT2D eigenvalue weighted by Gasteiger charge is -2.26. The Hall–Kier alpha value is -3.40. The zero-order valence-electron chi connectivity index (χ0n) is 18.1. The van der Waals surface area contributed by atoms with Crippen LogP contribution in [0.2, 0.25) is 0 Å². The molecule has 4 rings (SSSR count). The van der Waals surface area contributed by atoms with Crippen LogP contribution in [-0.2, 0) is 14.8 Å². The van der Waals surface area contributed by atoms with Crippen LogP contribution in [0.3, 0.4) is 0 Å². The van der Waals surface area contributed by atoms with Crippen LogP contribution in [0.15, 0.2) is 77.7 Å². The number of methoxy groups -OCH3 is 1. The van der Waals surface area contributed by atoms with E-state index in [-0.39, 0.29) is 23.7 Å². The van der Waals surface area contributed by atoms with Crippen molar-refractivity contribution in [2.24, 2.45) is 0 Å². The van der Waals surface area contributed by atoms with Crippen LogP contribution in [0.4, 0.5) is 5.69 Å². The van der Waals surface area contributed by atoms with Gasteiger partial charge in [0.25, 0.3) is 5.91 Å². The summed E-state index contributed by atoms with van der Waals surface area (Å²) in [5.74, 6) is 0.980. The van der Waals surface area contributed by atoms with E-state index in [4.69, 9.17) is 14.2 Å². The lowest BCUT2D eigenvalue weighted by molar-refractivity contribution is 0.0729. The number of morpholine rings is 1. The molecule has 1 fully saturated rings. The maximum absolute atomic E-state index is 13.2. The smallest absolute Gasteiger partial charge is 0.255 e. The molecular formula is C24H24N2O6S. The van der Waals surface area contributed by atoms with Gasteiger partial charge in [-0.25, -0.2) is 8.42 Å². The van der Waals surface area contributed by atoms with Gasteiger partial charge < -0.3 is 19.5 Å². The maximum Gasteiger partial charge on any atom is 0.255 e. The molecule has 1 amide bonds. The van der Waals surface area contributed by atoms with E-state index in [2.05, 4.69) is 5.32 Å². The summed E-state index contributed by atoms with van der Waals surface area (Å²) in [6, 6.07) is 20.5. The number of benzene rings is 3. The number of nitrogens with zero attached hydrogens (tertiary/aromatic N) is 1. The van der Waals surface area contributed by atoms with Gasteiger partial charge in [-0.2, -0.15) is 4.31 Å². The monoisotopic (exact) mass is 468 g/mol. The van der Waals surface area contributed by atoms with Gasteiger partial charge in [-0.15, -0.1) is 0 Å². The lowest BCUT2D eigenvalue weighted by atomic mass is 10.2. The molecule has 0 bridgehead atoms. The average molecular weight is 469 g/mol. The molecule has 1 aliphatic heterocycles. The van der Waals surface area contributed by atoms with E-state index in [1.807, 2.05) is 30.3 Å². The summed E-state index contributed by atoms with van der Waals surface area (Å²) in [6.45, 7) is 1.19. The highest BCUT2D eigenvalue weighted by Gasteiger charge is 2.29. The van der Waals surface area contributed by atoms with E-state index < -0.39 is 15.9 Å². The van der Waals surface area contributed by atoms with Crippen molar-refractivity contribution in [3.63, 3.8) is 0 Å². The van der Waals surface area contributed by atoms with Crippen molar-refractivity contribution < 1.29 is 27.4 Å². The molecule has 0 saturated carbocycles. The van der Waals surface area contributed by atoms with Crippen LogP contribution in [0.25, 0.3) is 0 Å². The third-order valence-electron chi connectivity index (χ3n) is 5.08. The molecule has 1 heterocycles. The SMILES string of the molecule is COc1ccc(NC(=O)c2cccc(Oc3ccccc3)c2)cc1S(=O)(=O)N1CCOCC1. The molecule has 33 heavy (non-hydrogen) atoms. The Morgan fingerprint density at radius 2 is 1.67 bits per heavy atom. The summed E-state index contributed by atoms with van der Waals surface area (Å²) in [7, 11) is -2.41. The third kappa shape index (κ3) is 5.33. The second-order valence-corrected chi connectivity index (χ2v) is 9.19. The fraction of sp³-hybridized carbons (Fsp3) is 0.208. The summed E-state index contributed by atoms with van der Waals surface area (Å²) < 4.78 is 44.0. The predicted molar refractivity (Wildman–Crippen MR) is 123 cm³/mol. The number of carbonyl (C=O) groups excluding carboxylic acids is 1. The van der Waals surface area contributed by atoms with Crippen molar-refractivity contribution >= 4 is 21.6 Å². The zero-order valence-corrected chi connectivity index (χ0v) is 18.9. The Labute approximate surface area is 192 Å². The topological polar surface area (TPSA) is 94.2 Å². The molecule has 0 aromatic heterocycles. The Balaban J connectivity index is 1.55. The molecule has 0 aliphatic carbocycles. The maximum atomic E-state index is 13.2. The second kappa shape index (κ2) is 10.0. The van der Waals surface area contributed by atoms with E-state index >= 15 is 0 Å². The number of ether oxygens (including phenoxy) is 3. The van der Waals surface area contributed by atoms with Crippen LogP contribution in [0.5, 0.6) is 17.2 Å². The van der Waals surface area contributed by atoms with E-state index in [1.165, 1.54) is 23.5 Å². The van der Waals surface area contributed by atoms with Gasteiger partial charge in [-0.05, 0) is 48.5 Å². The van der Waals surface area contributed by atoms with Crippen molar-refractivity contribution in [3.05, 3.63) is 78.4 Å². The van der Waals surface area contributed by atoms with Crippen molar-refractivity contribution in [3.8, 4) is 17.2 Å². The van der Waals surface area contributed by atoms with Gasteiger partial charge in [0.15, 0.2) is 0 Å². The summed E-state index contributed by atoms with van der Waals surface area (Å²) in [5, 5.41) is 2.76. The normalized spacial score (nSPS) is 14.5. The van der Waals surface area contributed by atoms with Crippen molar-refractivity contribution in [1.82, 2.24) is 4.31 Å². The first kappa shape index (κ1) is 22.8. The van der Waals surface area contributed by atoms with E-state index in [1.54, 1.807) is 30.3 Å². The summed E-state index contributed by atoms with van der Waals surface area (Å²) in [5.41, 5.74) is 0.707. The molecule has 3 aromatic carbocycles. The molecule has 1 aliphatic rings. The second-order valence-electron chi connectivity index (χ2n) is 7.28. The third-order valence-corrected chi connectivity index (χ3v) is 7.00. The van der Waals surface area contributed by atoms with Gasteiger partial charge in [0, 0.05) is 24.3 Å². The van der Waals surface area contributed by atoms with E-state index in [0.717, 1.165) is 0 Å². The van der Waals surface area contributed by atoms with Crippen molar-refractivity contribution in [2.75, 3.05) is 38.7 Å². The predicted octanol–water partition coefficient (Wildman–Crippen LogP) is 3.76. The van der Waals surface area contributed by atoms with Gasteiger partial charge in [0.2, 0.25) is 10.0 Å². The van der Waals surface area contributed by atoms with Gasteiger partial charge in [0.05, 0.1) is 20.3 Å². The van der Waals surface area contributed by atoms with Gasteiger partial charge in [0.1, 0.15) is 22.1 Å². The number of rotatable bonds is 7. The number of hydrogen-bond acceptors (Lipinski definition) is 6. The first-order valence-corrected chi connectivity index (χ1v) is 11.8. The number of nitrogens with one attached hydrogen (secondary N) is 1. The summed E-state index contributed by atoms with van der Waals surface area (Å²) >= 11 is 0. The zero-order chi connectivity index (χ0) is 23.3. The standard InChI is InChI=1S/C24H24N2O6S/c1-30-22-11-10-19(17-23(22)33(28,29)26-12-14-31-15-13-26)25-24(27)18-6-5-9-21(16-18)32-20-7-3-2-4-8-20/h2-11,16-17H,12-15H2,1H3,(H,25,27). The molecule has 0 radical (unpaired) electrons. The lowest BCUT2D eigenvalue weighted by Crippen LogP contribution is -2.40. The summed E-state index contributed by atoms with van der Waals surface area (Å²) in [6.07, 6.45) is 0. The fourth-order valence-corrected chi connectivity index (χ4v) is 5.00. The molecule has 172 valence electrons. The van der Waals surface area contributed by atoms with E-state index in [0.29, 0.717) is 36.0 Å². The Morgan fingerprint density at radius 1 is 0.939 bits per heavy atom. The molecule has 1 N–H and O–H groups in total. The van der Waals surface area contributed by atoms with Gasteiger partial charge in [-0.3, -0.25) is 4.79 Å². The highest BCUT2D eigenvalue weighted by Crippen LogP contribution is 2.30. The molecule has 1 saturated heterocycles. The van der Waals surface area contributed by atoms with Crippen LogP contribution in [-0.4, -0.2) is 52.0 Å². The molecule has 3 aromatic rings. The molecule has 0 atom stereocenters.